The number of nitrogens with zero attached hydrogens (tertiary/aromatic N) is 1. The Morgan fingerprint density at radius 1 is 1.50 bits per heavy atom. The van der Waals surface area contributed by atoms with Gasteiger partial charge in [0.2, 0.25) is 0 Å². The van der Waals surface area contributed by atoms with Crippen LogP contribution in [0.3, 0.4) is 0 Å². The van der Waals surface area contributed by atoms with Gasteiger partial charge in [-0.1, -0.05) is 6.08 Å². The fourth-order valence-corrected chi connectivity index (χ4v) is 0.429. The van der Waals surface area contributed by atoms with E-state index in [-0.39, 0.29) is 0 Å². The minimum absolute atomic E-state index is 0.365. The fourth-order valence-electron chi connectivity index (χ4n) is 0.429. The van der Waals surface area contributed by atoms with Crippen molar-refractivity contribution in [1.29, 1.82) is 5.41 Å². The van der Waals surface area contributed by atoms with Crippen molar-refractivity contribution < 1.29 is 0 Å². The van der Waals surface area contributed by atoms with Gasteiger partial charge in [-0.3, -0.25) is 4.99 Å². The largest absolute Gasteiger partial charge is 0.313 e. The first-order chi connectivity index (χ1) is 4.77. The average Bonchev–Trinajstić information content (AvgIpc) is 1.87. The highest BCUT2D eigenvalue weighted by atomic mass is 14.7. The third-order valence-electron chi connectivity index (χ3n) is 0.860. The summed E-state index contributed by atoms with van der Waals surface area (Å²) in [4.78, 5) is 4.11. The lowest BCUT2D eigenvalue weighted by Gasteiger charge is -1.89. The predicted molar refractivity (Wildman–Crippen MR) is 46.2 cm³/mol. The van der Waals surface area contributed by atoms with E-state index in [2.05, 4.69) is 4.99 Å². The number of hydrogen-bond acceptors (Lipinski definition) is 2. The molecule has 1 N–H and O–H groups in total. The number of rotatable bonds is 4. The van der Waals surface area contributed by atoms with E-state index >= 15 is 0 Å². The van der Waals surface area contributed by atoms with E-state index in [4.69, 9.17) is 5.41 Å². The van der Waals surface area contributed by atoms with Gasteiger partial charge in [0.25, 0.3) is 0 Å². The molecule has 0 fully saturated rings. The van der Waals surface area contributed by atoms with Crippen LogP contribution in [0.2, 0.25) is 0 Å². The SMILES string of the molecule is CC(C)N=C/C=C\CC=N. The molecule has 0 bridgehead atoms. The molecule has 0 aliphatic heterocycles. The molecule has 0 aliphatic carbocycles. The zero-order valence-corrected chi connectivity index (χ0v) is 6.54. The summed E-state index contributed by atoms with van der Waals surface area (Å²) in [5, 5.41) is 6.70. The van der Waals surface area contributed by atoms with Crippen molar-refractivity contribution in [2.75, 3.05) is 0 Å². The molecule has 0 radical (unpaired) electrons. The maximum Gasteiger partial charge on any atom is 0.0443 e. The third kappa shape index (κ3) is 7.08. The van der Waals surface area contributed by atoms with E-state index in [1.807, 2.05) is 26.0 Å². The molecule has 10 heavy (non-hydrogen) atoms. The first-order valence-electron chi connectivity index (χ1n) is 3.44. The lowest BCUT2D eigenvalue weighted by Crippen LogP contribution is -1.86. The minimum Gasteiger partial charge on any atom is -0.313 e. The Balaban J connectivity index is 3.41. The molecule has 56 valence electrons. The van der Waals surface area contributed by atoms with Crippen LogP contribution in [0.5, 0.6) is 0 Å². The summed E-state index contributed by atoms with van der Waals surface area (Å²) in [5.41, 5.74) is 0. The monoisotopic (exact) mass is 138 g/mol. The summed E-state index contributed by atoms with van der Waals surface area (Å²) in [5.74, 6) is 0. The second kappa shape index (κ2) is 6.20. The van der Waals surface area contributed by atoms with Crippen molar-refractivity contribution in [2.24, 2.45) is 4.99 Å². The van der Waals surface area contributed by atoms with Crippen molar-refractivity contribution in [3.63, 3.8) is 0 Å². The number of hydrogen-bond donors (Lipinski definition) is 1. The lowest BCUT2D eigenvalue weighted by molar-refractivity contribution is 0.842. The van der Waals surface area contributed by atoms with Gasteiger partial charge in [-0.05, 0) is 26.1 Å². The van der Waals surface area contributed by atoms with Crippen LogP contribution in [0.4, 0.5) is 0 Å². The van der Waals surface area contributed by atoms with Gasteiger partial charge in [0, 0.05) is 18.7 Å². The highest BCUT2D eigenvalue weighted by molar-refractivity contribution is 5.72. The van der Waals surface area contributed by atoms with Gasteiger partial charge in [0.1, 0.15) is 0 Å². The molecule has 0 atom stereocenters. The fraction of sp³-hybridized carbons (Fsp3) is 0.500. The highest BCUT2D eigenvalue weighted by Gasteiger charge is 1.78. The van der Waals surface area contributed by atoms with Crippen LogP contribution < -0.4 is 0 Å². The summed E-state index contributed by atoms with van der Waals surface area (Å²) in [6, 6.07) is 0.365. The Bertz CT molecular complexity index is 134. The van der Waals surface area contributed by atoms with E-state index in [9.17, 15) is 0 Å². The zero-order valence-electron chi connectivity index (χ0n) is 6.54. The molecule has 0 unspecified atom stereocenters. The van der Waals surface area contributed by atoms with Crippen LogP contribution in [-0.4, -0.2) is 18.5 Å². The van der Waals surface area contributed by atoms with Gasteiger partial charge >= 0.3 is 0 Å². The Morgan fingerprint density at radius 3 is 2.70 bits per heavy atom. The topological polar surface area (TPSA) is 36.2 Å². The molecule has 2 heteroatoms. The molecule has 0 aromatic carbocycles. The Kier molecular flexibility index (Phi) is 5.63. The van der Waals surface area contributed by atoms with E-state index in [1.165, 1.54) is 6.21 Å². The van der Waals surface area contributed by atoms with Gasteiger partial charge in [-0.2, -0.15) is 0 Å². The van der Waals surface area contributed by atoms with E-state index < -0.39 is 0 Å². The molecule has 0 aromatic heterocycles. The van der Waals surface area contributed by atoms with Crippen molar-refractivity contribution in [2.45, 2.75) is 26.3 Å². The molecule has 0 amide bonds. The molecule has 0 heterocycles. The molecule has 0 aliphatic rings. The first-order valence-corrected chi connectivity index (χ1v) is 3.44. The van der Waals surface area contributed by atoms with Crippen molar-refractivity contribution in [3.05, 3.63) is 12.2 Å². The normalized spacial score (nSPS) is 11.9. The van der Waals surface area contributed by atoms with Crippen LogP contribution in [0, 0.1) is 5.41 Å². The summed E-state index contributed by atoms with van der Waals surface area (Å²) in [6.45, 7) is 4.06. The predicted octanol–water partition coefficient (Wildman–Crippen LogP) is 2.06. The van der Waals surface area contributed by atoms with Crippen molar-refractivity contribution >= 4 is 12.4 Å². The van der Waals surface area contributed by atoms with Crippen LogP contribution in [0.1, 0.15) is 20.3 Å². The van der Waals surface area contributed by atoms with Crippen molar-refractivity contribution in [3.8, 4) is 0 Å². The molecule has 0 spiro atoms. The van der Waals surface area contributed by atoms with Gasteiger partial charge in [-0.25, -0.2) is 0 Å². The number of nitrogens with one attached hydrogen (secondary N) is 1. The maximum absolute atomic E-state index is 6.70. The van der Waals surface area contributed by atoms with Crippen LogP contribution in [-0.2, 0) is 0 Å². The van der Waals surface area contributed by atoms with E-state index in [0.29, 0.717) is 12.5 Å². The second-order valence-electron chi connectivity index (χ2n) is 2.26. The summed E-state index contributed by atoms with van der Waals surface area (Å²) >= 11 is 0. The van der Waals surface area contributed by atoms with Crippen LogP contribution in [0.25, 0.3) is 0 Å². The van der Waals surface area contributed by atoms with Crippen LogP contribution in [0.15, 0.2) is 17.1 Å². The molecule has 0 saturated heterocycles. The molecule has 0 aromatic rings. The molecular weight excluding hydrogens is 124 g/mol. The summed E-state index contributed by atoms with van der Waals surface area (Å²) in [7, 11) is 0. The first kappa shape index (κ1) is 9.08. The third-order valence-corrected chi connectivity index (χ3v) is 0.860. The quantitative estimate of drug-likeness (QED) is 0.577. The molecule has 2 nitrogen and oxygen atoms in total. The maximum atomic E-state index is 6.70. The Labute approximate surface area is 62.2 Å². The van der Waals surface area contributed by atoms with Gasteiger partial charge in [0.15, 0.2) is 0 Å². The number of aliphatic imine (C=N–C) groups is 1. The van der Waals surface area contributed by atoms with E-state index in [0.717, 1.165) is 0 Å². The average molecular weight is 138 g/mol. The van der Waals surface area contributed by atoms with Gasteiger partial charge in [0.05, 0.1) is 0 Å². The Morgan fingerprint density at radius 2 is 2.20 bits per heavy atom. The van der Waals surface area contributed by atoms with Gasteiger partial charge in [-0.15, -0.1) is 0 Å². The Hall–Kier alpha value is -0.920. The lowest BCUT2D eigenvalue weighted by atomic mass is 10.4. The highest BCUT2D eigenvalue weighted by Crippen LogP contribution is 1.83. The number of allylic oxidation sites excluding steroid dienone is 2. The molecule has 0 saturated carbocycles. The van der Waals surface area contributed by atoms with Crippen LogP contribution >= 0.6 is 0 Å². The summed E-state index contributed by atoms with van der Waals surface area (Å²) < 4.78 is 0. The van der Waals surface area contributed by atoms with E-state index in [1.54, 1.807) is 6.21 Å². The second-order valence-corrected chi connectivity index (χ2v) is 2.26. The minimum atomic E-state index is 0.365. The smallest absolute Gasteiger partial charge is 0.0443 e. The summed E-state index contributed by atoms with van der Waals surface area (Å²) in [6.07, 6.45) is 7.60. The molecular formula is C8H14N2. The standard InChI is InChI=1S/C8H14N2/c1-8(2)10-7-5-3-4-6-9/h3,5-9H,4H2,1-2H3/b5-3-,9-6?,10-7?. The zero-order chi connectivity index (χ0) is 7.82. The van der Waals surface area contributed by atoms with Gasteiger partial charge < -0.3 is 5.41 Å². The van der Waals surface area contributed by atoms with Crippen molar-refractivity contribution in [1.82, 2.24) is 0 Å². The molecule has 0 rings (SSSR count).